The van der Waals surface area contributed by atoms with Crippen molar-refractivity contribution in [3.8, 4) is 0 Å². The molecule has 0 bridgehead atoms. The van der Waals surface area contributed by atoms with E-state index in [2.05, 4.69) is 43.4 Å². The second-order valence-electron chi connectivity index (χ2n) is 6.70. The smallest absolute Gasteiger partial charge is 0.307 e. The summed E-state index contributed by atoms with van der Waals surface area (Å²) in [5, 5.41) is 11.8. The van der Waals surface area contributed by atoms with Crippen molar-refractivity contribution >= 4 is 17.6 Å². The van der Waals surface area contributed by atoms with Gasteiger partial charge in [-0.1, -0.05) is 63.2 Å². The van der Waals surface area contributed by atoms with Crippen LogP contribution in [0.15, 0.2) is 48.5 Å². The number of anilines is 1. The predicted molar refractivity (Wildman–Crippen MR) is 100.0 cm³/mol. The highest BCUT2D eigenvalue weighted by molar-refractivity contribution is 5.92. The first-order valence-corrected chi connectivity index (χ1v) is 8.56. The number of carbonyl (C=O) groups is 2. The van der Waals surface area contributed by atoms with Crippen molar-refractivity contribution < 1.29 is 14.7 Å². The quantitative estimate of drug-likeness (QED) is 0.776. The van der Waals surface area contributed by atoms with Crippen LogP contribution in [0, 0.1) is 0 Å². The average molecular weight is 339 g/mol. The number of carboxylic acid groups (broad SMARTS) is 1. The Bertz CT molecular complexity index is 735. The van der Waals surface area contributed by atoms with Crippen LogP contribution < -0.4 is 5.32 Å². The van der Waals surface area contributed by atoms with E-state index < -0.39 is 5.97 Å². The molecular formula is C21H25NO3. The molecule has 0 aliphatic rings. The summed E-state index contributed by atoms with van der Waals surface area (Å²) in [5.41, 5.74) is 3.58. The summed E-state index contributed by atoms with van der Waals surface area (Å²) in [6, 6.07) is 15.4. The number of hydrogen-bond donors (Lipinski definition) is 2. The predicted octanol–water partition coefficient (Wildman–Crippen LogP) is 4.57. The van der Waals surface area contributed by atoms with Gasteiger partial charge in [-0.2, -0.15) is 0 Å². The average Bonchev–Trinajstić information content (AvgIpc) is 2.56. The minimum atomic E-state index is -0.916. The fourth-order valence-electron chi connectivity index (χ4n) is 2.77. The highest BCUT2D eigenvalue weighted by atomic mass is 16.4. The van der Waals surface area contributed by atoms with E-state index in [1.54, 1.807) is 24.3 Å². The zero-order valence-electron chi connectivity index (χ0n) is 15.0. The molecule has 0 saturated heterocycles. The lowest BCUT2D eigenvalue weighted by molar-refractivity contribution is -0.136. The van der Waals surface area contributed by atoms with Gasteiger partial charge in [0.1, 0.15) is 0 Å². The summed E-state index contributed by atoms with van der Waals surface area (Å²) in [7, 11) is 0. The maximum absolute atomic E-state index is 12.4. The fraction of sp³-hybridized carbons (Fsp3) is 0.333. The Morgan fingerprint density at radius 1 is 0.960 bits per heavy atom. The lowest BCUT2D eigenvalue weighted by Gasteiger charge is -2.15. The molecule has 0 saturated carbocycles. The van der Waals surface area contributed by atoms with Gasteiger partial charge in [-0.3, -0.25) is 9.59 Å². The molecule has 0 aliphatic carbocycles. The van der Waals surface area contributed by atoms with E-state index in [9.17, 15) is 9.59 Å². The first-order chi connectivity index (χ1) is 11.9. The van der Waals surface area contributed by atoms with E-state index in [4.69, 9.17) is 5.11 Å². The van der Waals surface area contributed by atoms with Crippen LogP contribution in [0.4, 0.5) is 5.69 Å². The van der Waals surface area contributed by atoms with Gasteiger partial charge in [-0.05, 0) is 34.6 Å². The summed E-state index contributed by atoms with van der Waals surface area (Å²) in [6.45, 7) is 6.33. The zero-order valence-corrected chi connectivity index (χ0v) is 15.0. The van der Waals surface area contributed by atoms with Crippen molar-refractivity contribution in [3.05, 3.63) is 65.2 Å². The Morgan fingerprint density at radius 2 is 1.56 bits per heavy atom. The third kappa shape index (κ3) is 5.45. The van der Waals surface area contributed by atoms with Crippen LogP contribution in [-0.2, 0) is 16.0 Å². The van der Waals surface area contributed by atoms with Crippen molar-refractivity contribution in [2.45, 2.75) is 45.4 Å². The molecule has 4 nitrogen and oxygen atoms in total. The third-order valence-corrected chi connectivity index (χ3v) is 4.30. The summed E-state index contributed by atoms with van der Waals surface area (Å²) >= 11 is 0. The number of nitrogens with one attached hydrogen (secondary N) is 1. The fourth-order valence-corrected chi connectivity index (χ4v) is 2.77. The van der Waals surface area contributed by atoms with Crippen LogP contribution in [-0.4, -0.2) is 17.0 Å². The minimum absolute atomic E-state index is 0.0906. The van der Waals surface area contributed by atoms with E-state index >= 15 is 0 Å². The maximum Gasteiger partial charge on any atom is 0.307 e. The number of para-hydroxylation sites is 1. The van der Waals surface area contributed by atoms with Crippen LogP contribution in [0.1, 0.15) is 55.7 Å². The van der Waals surface area contributed by atoms with Crippen molar-refractivity contribution in [2.24, 2.45) is 0 Å². The zero-order chi connectivity index (χ0) is 18.4. The number of aliphatic carboxylic acids is 1. The topological polar surface area (TPSA) is 66.4 Å². The van der Waals surface area contributed by atoms with Crippen molar-refractivity contribution in [1.29, 1.82) is 0 Å². The van der Waals surface area contributed by atoms with E-state index in [1.807, 2.05) is 6.92 Å². The van der Waals surface area contributed by atoms with Gasteiger partial charge >= 0.3 is 5.97 Å². The Morgan fingerprint density at radius 3 is 2.16 bits per heavy atom. The van der Waals surface area contributed by atoms with Gasteiger partial charge in [0, 0.05) is 12.1 Å². The molecule has 0 aliphatic heterocycles. The Balaban J connectivity index is 2.01. The molecule has 0 aromatic heterocycles. The Labute approximate surface area is 148 Å². The Hall–Kier alpha value is -2.62. The van der Waals surface area contributed by atoms with Gasteiger partial charge in [0.05, 0.1) is 6.42 Å². The van der Waals surface area contributed by atoms with Crippen LogP contribution >= 0.6 is 0 Å². The van der Waals surface area contributed by atoms with Crippen LogP contribution in [0.3, 0.4) is 0 Å². The molecule has 1 amide bonds. The number of rotatable bonds is 7. The minimum Gasteiger partial charge on any atom is -0.481 e. The lowest BCUT2D eigenvalue weighted by Crippen LogP contribution is -2.16. The Kier molecular flexibility index (Phi) is 6.34. The molecule has 4 heteroatoms. The standard InChI is InChI=1S/C21H25NO3/c1-14(2)16-8-10-17(11-9-16)15(3)12-20(23)22-19-7-5-4-6-18(19)13-21(24)25/h4-11,14-15H,12-13H2,1-3H3,(H,22,23)(H,24,25). The van der Waals surface area contributed by atoms with Crippen LogP contribution in [0.25, 0.3) is 0 Å². The summed E-state index contributed by atoms with van der Waals surface area (Å²) in [6.07, 6.45) is 0.241. The highest BCUT2D eigenvalue weighted by Crippen LogP contribution is 2.23. The summed E-state index contributed by atoms with van der Waals surface area (Å²) in [4.78, 5) is 23.3. The molecule has 1 atom stereocenters. The van der Waals surface area contributed by atoms with E-state index in [0.717, 1.165) is 5.56 Å². The van der Waals surface area contributed by atoms with Gasteiger partial charge in [-0.15, -0.1) is 0 Å². The molecule has 0 spiro atoms. The molecule has 2 rings (SSSR count). The van der Waals surface area contributed by atoms with Gasteiger partial charge < -0.3 is 10.4 Å². The third-order valence-electron chi connectivity index (χ3n) is 4.30. The van der Waals surface area contributed by atoms with Crippen molar-refractivity contribution in [1.82, 2.24) is 0 Å². The summed E-state index contributed by atoms with van der Waals surface area (Å²) in [5.74, 6) is -0.454. The molecule has 132 valence electrons. The molecule has 2 aromatic carbocycles. The first-order valence-electron chi connectivity index (χ1n) is 8.56. The number of carbonyl (C=O) groups excluding carboxylic acids is 1. The van der Waals surface area contributed by atoms with Crippen molar-refractivity contribution in [3.63, 3.8) is 0 Å². The monoisotopic (exact) mass is 339 g/mol. The SMILES string of the molecule is CC(C)c1ccc(C(C)CC(=O)Nc2ccccc2CC(=O)O)cc1. The van der Waals surface area contributed by atoms with Crippen molar-refractivity contribution in [2.75, 3.05) is 5.32 Å². The van der Waals surface area contributed by atoms with Gasteiger partial charge in [0.25, 0.3) is 0 Å². The van der Waals surface area contributed by atoms with Gasteiger partial charge in [0.15, 0.2) is 0 Å². The first kappa shape index (κ1) is 18.7. The van der Waals surface area contributed by atoms with Gasteiger partial charge in [0.2, 0.25) is 5.91 Å². The molecule has 2 aromatic rings. The van der Waals surface area contributed by atoms with Gasteiger partial charge in [-0.25, -0.2) is 0 Å². The molecule has 1 unspecified atom stereocenters. The lowest BCUT2D eigenvalue weighted by atomic mass is 9.94. The molecule has 2 N–H and O–H groups in total. The highest BCUT2D eigenvalue weighted by Gasteiger charge is 2.14. The maximum atomic E-state index is 12.4. The largest absolute Gasteiger partial charge is 0.481 e. The molecule has 0 fully saturated rings. The molecule has 25 heavy (non-hydrogen) atoms. The van der Waals surface area contributed by atoms with E-state index in [0.29, 0.717) is 23.6 Å². The number of benzene rings is 2. The molecule has 0 radical (unpaired) electrons. The molecule has 0 heterocycles. The molecular weight excluding hydrogens is 314 g/mol. The van der Waals surface area contributed by atoms with E-state index in [1.165, 1.54) is 5.56 Å². The second-order valence-corrected chi connectivity index (χ2v) is 6.70. The number of carboxylic acids is 1. The van der Waals surface area contributed by atoms with Crippen LogP contribution in [0.2, 0.25) is 0 Å². The normalized spacial score (nSPS) is 12.0. The van der Waals surface area contributed by atoms with Crippen LogP contribution in [0.5, 0.6) is 0 Å². The summed E-state index contributed by atoms with van der Waals surface area (Å²) < 4.78 is 0. The van der Waals surface area contributed by atoms with E-state index in [-0.39, 0.29) is 18.2 Å². The second kappa shape index (κ2) is 8.47. The number of amides is 1. The number of hydrogen-bond acceptors (Lipinski definition) is 2.